The molecular weight excluding hydrogens is 263 g/mol. The Morgan fingerprint density at radius 3 is 2.05 bits per heavy atom. The molecule has 1 fully saturated rings. The van der Waals surface area contributed by atoms with Crippen LogP contribution in [-0.2, 0) is 0 Å². The highest BCUT2D eigenvalue weighted by Crippen LogP contribution is 2.51. The highest BCUT2D eigenvalue weighted by molar-refractivity contribution is 5.26. The van der Waals surface area contributed by atoms with Crippen molar-refractivity contribution in [3.05, 3.63) is 35.1 Å². The molecule has 1 aliphatic carbocycles. The molecule has 2 N–H and O–H groups in total. The van der Waals surface area contributed by atoms with Gasteiger partial charge in [-0.3, -0.25) is 0 Å². The largest absolute Gasteiger partial charge is 0.323 e. The lowest BCUT2D eigenvalue weighted by Crippen LogP contribution is -2.35. The predicted octanol–water partition coefficient (Wildman–Crippen LogP) is 4.71. The molecule has 1 unspecified atom stereocenters. The minimum atomic E-state index is -0.903. The Hall–Kier alpha value is -1.03. The van der Waals surface area contributed by atoms with Crippen LogP contribution in [0, 0.1) is 28.8 Å². The maximum atomic E-state index is 14.0. The molecule has 1 aromatic carbocycles. The van der Waals surface area contributed by atoms with E-state index in [2.05, 4.69) is 13.8 Å². The summed E-state index contributed by atoms with van der Waals surface area (Å²) in [7, 11) is 0. The Bertz CT molecular complexity index is 456. The van der Waals surface area contributed by atoms with E-state index >= 15 is 0 Å². The zero-order valence-electron chi connectivity index (χ0n) is 12.1. The van der Waals surface area contributed by atoms with Gasteiger partial charge in [0.05, 0.1) is 0 Å². The standard InChI is InChI=1S/C16H22F3N/c1-10(2)9-16(5-3-4-6-16)15(20)14-12(18)7-11(17)8-13(14)19/h7-8,10,15H,3-6,9,20H2,1-2H3. The molecule has 0 heterocycles. The summed E-state index contributed by atoms with van der Waals surface area (Å²) in [5, 5.41) is 0. The summed E-state index contributed by atoms with van der Waals surface area (Å²) in [5.41, 5.74) is 5.80. The average Bonchev–Trinajstić information content (AvgIpc) is 2.76. The van der Waals surface area contributed by atoms with Crippen molar-refractivity contribution in [3.63, 3.8) is 0 Å². The maximum absolute atomic E-state index is 14.0. The van der Waals surface area contributed by atoms with E-state index in [4.69, 9.17) is 5.73 Å². The van der Waals surface area contributed by atoms with Gasteiger partial charge >= 0.3 is 0 Å². The molecule has 1 aliphatic rings. The van der Waals surface area contributed by atoms with Crippen molar-refractivity contribution in [1.82, 2.24) is 0 Å². The first-order chi connectivity index (χ1) is 9.35. The summed E-state index contributed by atoms with van der Waals surface area (Å²) in [4.78, 5) is 0. The number of nitrogens with two attached hydrogens (primary N) is 1. The van der Waals surface area contributed by atoms with E-state index < -0.39 is 23.5 Å². The minimum absolute atomic E-state index is 0.158. The number of halogens is 3. The van der Waals surface area contributed by atoms with Crippen LogP contribution in [0.5, 0.6) is 0 Å². The third kappa shape index (κ3) is 2.85. The van der Waals surface area contributed by atoms with Crippen LogP contribution in [0.25, 0.3) is 0 Å². The molecule has 0 aliphatic heterocycles. The molecule has 0 spiro atoms. The summed E-state index contributed by atoms with van der Waals surface area (Å²) in [6, 6.07) is 0.722. The predicted molar refractivity (Wildman–Crippen MR) is 73.6 cm³/mol. The lowest BCUT2D eigenvalue weighted by atomic mass is 9.70. The smallest absolute Gasteiger partial charge is 0.133 e. The fourth-order valence-electron chi connectivity index (χ4n) is 3.69. The fraction of sp³-hybridized carbons (Fsp3) is 0.625. The Kier molecular flexibility index (Phi) is 4.43. The number of benzene rings is 1. The van der Waals surface area contributed by atoms with Gasteiger partial charge in [0.2, 0.25) is 0 Å². The molecule has 112 valence electrons. The van der Waals surface area contributed by atoms with Crippen LogP contribution in [0.2, 0.25) is 0 Å². The normalized spacial score (nSPS) is 19.6. The monoisotopic (exact) mass is 285 g/mol. The second-order valence-electron chi connectivity index (χ2n) is 6.43. The Morgan fingerprint density at radius 2 is 1.60 bits per heavy atom. The van der Waals surface area contributed by atoms with Crippen LogP contribution in [0.3, 0.4) is 0 Å². The molecule has 2 rings (SSSR count). The summed E-state index contributed by atoms with van der Waals surface area (Å²) >= 11 is 0. The van der Waals surface area contributed by atoms with Gasteiger partial charge in [0.1, 0.15) is 17.5 Å². The second-order valence-corrected chi connectivity index (χ2v) is 6.43. The minimum Gasteiger partial charge on any atom is -0.323 e. The second kappa shape index (κ2) is 5.76. The summed E-state index contributed by atoms with van der Waals surface area (Å²) < 4.78 is 41.0. The molecule has 0 amide bonds. The van der Waals surface area contributed by atoms with Gasteiger partial charge in [-0.15, -0.1) is 0 Å². The lowest BCUT2D eigenvalue weighted by molar-refractivity contribution is 0.177. The Labute approximate surface area is 118 Å². The highest BCUT2D eigenvalue weighted by atomic mass is 19.1. The summed E-state index contributed by atoms with van der Waals surface area (Å²) in [6.45, 7) is 4.17. The van der Waals surface area contributed by atoms with Crippen LogP contribution in [-0.4, -0.2) is 0 Å². The van der Waals surface area contributed by atoms with Crippen molar-refractivity contribution in [2.45, 2.75) is 52.0 Å². The number of hydrogen-bond acceptors (Lipinski definition) is 1. The van der Waals surface area contributed by atoms with E-state index in [1.807, 2.05) is 0 Å². The van der Waals surface area contributed by atoms with Gasteiger partial charge in [-0.2, -0.15) is 0 Å². The van der Waals surface area contributed by atoms with Crippen molar-refractivity contribution in [3.8, 4) is 0 Å². The van der Waals surface area contributed by atoms with Gasteiger partial charge in [-0.05, 0) is 30.6 Å². The van der Waals surface area contributed by atoms with Crippen molar-refractivity contribution in [1.29, 1.82) is 0 Å². The van der Waals surface area contributed by atoms with Gasteiger partial charge in [0.25, 0.3) is 0 Å². The first kappa shape index (κ1) is 15.4. The Balaban J connectivity index is 2.40. The van der Waals surface area contributed by atoms with Crippen LogP contribution >= 0.6 is 0 Å². The lowest BCUT2D eigenvalue weighted by Gasteiger charge is -2.37. The molecule has 1 atom stereocenters. The SMILES string of the molecule is CC(C)CC1(C(N)c2c(F)cc(F)cc2F)CCCC1. The van der Waals surface area contributed by atoms with Crippen LogP contribution in [0.1, 0.15) is 57.6 Å². The topological polar surface area (TPSA) is 26.0 Å². The molecule has 0 radical (unpaired) electrons. The van der Waals surface area contributed by atoms with E-state index in [1.54, 1.807) is 0 Å². The van der Waals surface area contributed by atoms with E-state index in [-0.39, 0.29) is 11.0 Å². The van der Waals surface area contributed by atoms with Gasteiger partial charge in [0.15, 0.2) is 0 Å². The molecule has 20 heavy (non-hydrogen) atoms. The molecule has 4 heteroatoms. The molecular formula is C16H22F3N. The van der Waals surface area contributed by atoms with E-state index in [0.717, 1.165) is 44.2 Å². The van der Waals surface area contributed by atoms with E-state index in [9.17, 15) is 13.2 Å². The average molecular weight is 285 g/mol. The first-order valence-electron chi connectivity index (χ1n) is 7.26. The zero-order chi connectivity index (χ0) is 14.9. The molecule has 0 bridgehead atoms. The number of hydrogen-bond donors (Lipinski definition) is 1. The van der Waals surface area contributed by atoms with Crippen LogP contribution in [0.4, 0.5) is 13.2 Å². The zero-order valence-corrected chi connectivity index (χ0v) is 12.1. The van der Waals surface area contributed by atoms with Crippen molar-refractivity contribution in [2.24, 2.45) is 17.1 Å². The molecule has 1 nitrogen and oxygen atoms in total. The molecule has 0 aromatic heterocycles. The van der Waals surface area contributed by atoms with Crippen molar-refractivity contribution >= 4 is 0 Å². The molecule has 1 aromatic rings. The van der Waals surface area contributed by atoms with Gasteiger partial charge in [-0.1, -0.05) is 26.7 Å². The van der Waals surface area contributed by atoms with Gasteiger partial charge < -0.3 is 5.73 Å². The van der Waals surface area contributed by atoms with Crippen molar-refractivity contribution in [2.75, 3.05) is 0 Å². The van der Waals surface area contributed by atoms with Gasteiger partial charge in [0, 0.05) is 23.7 Å². The maximum Gasteiger partial charge on any atom is 0.133 e. The van der Waals surface area contributed by atoms with Crippen LogP contribution < -0.4 is 5.73 Å². The van der Waals surface area contributed by atoms with Crippen molar-refractivity contribution < 1.29 is 13.2 Å². The first-order valence-corrected chi connectivity index (χ1v) is 7.26. The Morgan fingerprint density at radius 1 is 1.10 bits per heavy atom. The van der Waals surface area contributed by atoms with Gasteiger partial charge in [-0.25, -0.2) is 13.2 Å². The third-order valence-electron chi connectivity index (χ3n) is 4.43. The summed E-state index contributed by atoms with van der Waals surface area (Å²) in [6.07, 6.45) is 4.66. The van der Waals surface area contributed by atoms with E-state index in [1.165, 1.54) is 0 Å². The third-order valence-corrected chi connectivity index (χ3v) is 4.43. The highest BCUT2D eigenvalue weighted by Gasteiger charge is 2.42. The fourth-order valence-corrected chi connectivity index (χ4v) is 3.69. The van der Waals surface area contributed by atoms with E-state index in [0.29, 0.717) is 5.92 Å². The quantitative estimate of drug-likeness (QED) is 0.851. The number of rotatable bonds is 4. The molecule has 1 saturated carbocycles. The molecule has 0 saturated heterocycles. The summed E-state index contributed by atoms with van der Waals surface area (Å²) in [5.74, 6) is -2.24. The van der Waals surface area contributed by atoms with Crippen LogP contribution in [0.15, 0.2) is 12.1 Å².